The lowest BCUT2D eigenvalue weighted by Gasteiger charge is -2.34. The third-order valence-electron chi connectivity index (χ3n) is 6.21. The van der Waals surface area contributed by atoms with Crippen molar-refractivity contribution in [1.82, 2.24) is 25.4 Å². The van der Waals surface area contributed by atoms with Gasteiger partial charge in [0.2, 0.25) is 11.8 Å². The van der Waals surface area contributed by atoms with Crippen molar-refractivity contribution in [2.24, 2.45) is 5.92 Å². The first-order valence-electron chi connectivity index (χ1n) is 11.2. The van der Waals surface area contributed by atoms with Crippen LogP contribution in [-0.2, 0) is 10.3 Å². The maximum atomic E-state index is 13.0. The highest BCUT2D eigenvalue weighted by Crippen LogP contribution is 2.29. The number of H-pyrrole nitrogens is 1. The molecule has 1 aliphatic rings. The molecular formula is C25H28ClN5O3. The van der Waals surface area contributed by atoms with E-state index in [1.54, 1.807) is 17.0 Å². The van der Waals surface area contributed by atoms with Crippen LogP contribution in [0.3, 0.4) is 0 Å². The number of halogens is 1. The Labute approximate surface area is 203 Å². The molecule has 1 saturated heterocycles. The lowest BCUT2D eigenvalue weighted by molar-refractivity contribution is -0.128. The average Bonchev–Trinajstić information content (AvgIpc) is 3.34. The molecule has 34 heavy (non-hydrogen) atoms. The molecule has 1 fully saturated rings. The lowest BCUT2D eigenvalue weighted by atomic mass is 9.90. The van der Waals surface area contributed by atoms with E-state index in [0.717, 1.165) is 5.56 Å². The van der Waals surface area contributed by atoms with E-state index in [4.69, 9.17) is 16.3 Å². The van der Waals surface area contributed by atoms with Gasteiger partial charge in [-0.1, -0.05) is 41.9 Å². The topological polar surface area (TPSA) is 100 Å². The van der Waals surface area contributed by atoms with Gasteiger partial charge in [-0.25, -0.2) is 4.98 Å². The first-order chi connectivity index (χ1) is 16.3. The number of pyridine rings is 1. The number of nitrogens with zero attached hydrogens (tertiary/aromatic N) is 3. The predicted octanol–water partition coefficient (Wildman–Crippen LogP) is 4.04. The Morgan fingerprint density at radius 1 is 1.18 bits per heavy atom. The van der Waals surface area contributed by atoms with Crippen LogP contribution in [0.2, 0.25) is 5.02 Å². The van der Waals surface area contributed by atoms with E-state index in [2.05, 4.69) is 20.5 Å². The van der Waals surface area contributed by atoms with Crippen molar-refractivity contribution < 1.29 is 14.3 Å². The van der Waals surface area contributed by atoms with Gasteiger partial charge in [0.1, 0.15) is 0 Å². The average molecular weight is 482 g/mol. The minimum atomic E-state index is -0.465. The summed E-state index contributed by atoms with van der Waals surface area (Å²) >= 11 is 6.26. The van der Waals surface area contributed by atoms with Crippen LogP contribution in [0.25, 0.3) is 11.3 Å². The number of carbonyl (C=O) groups is 2. The zero-order chi connectivity index (χ0) is 24.3. The number of aromatic nitrogens is 3. The fourth-order valence-corrected chi connectivity index (χ4v) is 4.36. The monoisotopic (exact) mass is 481 g/mol. The summed E-state index contributed by atoms with van der Waals surface area (Å²) in [5.74, 6) is 0.120. The van der Waals surface area contributed by atoms with Gasteiger partial charge in [0.25, 0.3) is 5.91 Å². The first-order valence-corrected chi connectivity index (χ1v) is 11.6. The fourth-order valence-electron chi connectivity index (χ4n) is 4.15. The molecule has 4 rings (SSSR count). The lowest BCUT2D eigenvalue weighted by Crippen LogP contribution is -2.47. The summed E-state index contributed by atoms with van der Waals surface area (Å²) in [6.07, 6.45) is 2.70. The van der Waals surface area contributed by atoms with E-state index in [1.807, 2.05) is 44.2 Å². The number of likely N-dealkylation sites (tertiary alicyclic amines) is 1. The molecule has 0 bridgehead atoms. The molecule has 0 saturated carbocycles. The number of piperidine rings is 1. The normalized spacial score (nSPS) is 14.6. The molecule has 0 unspecified atom stereocenters. The third kappa shape index (κ3) is 5.07. The Balaban J connectivity index is 1.37. The largest absolute Gasteiger partial charge is 0.481 e. The number of hydrogen-bond donors (Lipinski definition) is 2. The van der Waals surface area contributed by atoms with E-state index in [-0.39, 0.29) is 17.7 Å². The third-order valence-corrected chi connectivity index (χ3v) is 6.51. The molecule has 0 aliphatic carbocycles. The number of amides is 2. The molecule has 2 amide bonds. The van der Waals surface area contributed by atoms with Gasteiger partial charge >= 0.3 is 0 Å². The molecule has 0 radical (unpaired) electrons. The van der Waals surface area contributed by atoms with E-state index in [9.17, 15) is 9.59 Å². The van der Waals surface area contributed by atoms with Crippen molar-refractivity contribution in [2.45, 2.75) is 32.2 Å². The maximum Gasteiger partial charge on any atom is 0.274 e. The van der Waals surface area contributed by atoms with E-state index >= 15 is 0 Å². The van der Waals surface area contributed by atoms with Crippen molar-refractivity contribution in [3.05, 3.63) is 64.9 Å². The number of nitrogens with one attached hydrogen (secondary N) is 2. The smallest absolute Gasteiger partial charge is 0.274 e. The number of aromatic amines is 1. The second kappa shape index (κ2) is 9.85. The van der Waals surface area contributed by atoms with Crippen LogP contribution in [0, 0.1) is 5.92 Å². The second-order valence-corrected chi connectivity index (χ2v) is 9.33. The molecule has 8 nitrogen and oxygen atoms in total. The summed E-state index contributed by atoms with van der Waals surface area (Å²) in [7, 11) is 1.52. The van der Waals surface area contributed by atoms with Gasteiger partial charge in [0.15, 0.2) is 5.69 Å². The molecule has 3 aromatic rings. The van der Waals surface area contributed by atoms with Crippen molar-refractivity contribution in [1.29, 1.82) is 0 Å². The van der Waals surface area contributed by atoms with E-state index in [0.29, 0.717) is 53.8 Å². The van der Waals surface area contributed by atoms with Crippen LogP contribution in [0.1, 0.15) is 42.7 Å². The Morgan fingerprint density at radius 3 is 2.56 bits per heavy atom. The zero-order valence-electron chi connectivity index (χ0n) is 19.5. The minimum absolute atomic E-state index is 0.0179. The molecular weight excluding hydrogens is 454 g/mol. The molecule has 3 heterocycles. The summed E-state index contributed by atoms with van der Waals surface area (Å²) in [6.45, 7) is 4.99. The Kier molecular flexibility index (Phi) is 6.88. The van der Waals surface area contributed by atoms with Gasteiger partial charge in [0.05, 0.1) is 29.6 Å². The highest BCUT2D eigenvalue weighted by molar-refractivity contribution is 6.33. The van der Waals surface area contributed by atoms with Crippen LogP contribution < -0.4 is 10.1 Å². The molecule has 178 valence electrons. The van der Waals surface area contributed by atoms with Gasteiger partial charge in [0, 0.05) is 30.6 Å². The summed E-state index contributed by atoms with van der Waals surface area (Å²) in [6, 6.07) is 13.3. The van der Waals surface area contributed by atoms with Crippen molar-refractivity contribution >= 4 is 23.4 Å². The number of hydrogen-bond acceptors (Lipinski definition) is 5. The summed E-state index contributed by atoms with van der Waals surface area (Å²) in [4.78, 5) is 31.7. The zero-order valence-corrected chi connectivity index (χ0v) is 20.2. The second-order valence-electron chi connectivity index (χ2n) is 8.92. The number of methoxy groups -OCH3 is 1. The van der Waals surface area contributed by atoms with Crippen molar-refractivity contribution in [2.75, 3.05) is 20.2 Å². The number of ether oxygens (including phenoxy) is 1. The van der Waals surface area contributed by atoms with E-state index < -0.39 is 5.54 Å². The van der Waals surface area contributed by atoms with Crippen LogP contribution >= 0.6 is 11.6 Å². The Morgan fingerprint density at radius 2 is 1.88 bits per heavy atom. The number of carbonyl (C=O) groups excluding carboxylic acids is 2. The molecule has 9 heteroatoms. The standard InChI is InChI=1S/C25H28ClN5O3/c1-25(2,17-7-5-4-6-8-17)28-23(32)16-9-11-31(12-10-16)24(33)21-14-20(29-30-21)18-13-22(34-3)27-15-19(18)26/h4-8,13-16H,9-12H2,1-3H3,(H,28,32)(H,29,30). The molecule has 0 atom stereocenters. The van der Waals surface area contributed by atoms with E-state index in [1.165, 1.54) is 13.3 Å². The molecule has 2 N–H and O–H groups in total. The molecule has 1 aliphatic heterocycles. The van der Waals surface area contributed by atoms with Crippen LogP contribution in [0.4, 0.5) is 0 Å². The molecule has 0 spiro atoms. The Hall–Kier alpha value is -3.39. The number of benzene rings is 1. The van der Waals surface area contributed by atoms with Gasteiger partial charge in [-0.15, -0.1) is 0 Å². The van der Waals surface area contributed by atoms with Gasteiger partial charge < -0.3 is 15.0 Å². The van der Waals surface area contributed by atoms with Gasteiger partial charge in [-0.2, -0.15) is 5.10 Å². The highest BCUT2D eigenvalue weighted by Gasteiger charge is 2.32. The summed E-state index contributed by atoms with van der Waals surface area (Å²) in [5.41, 5.74) is 2.14. The quantitative estimate of drug-likeness (QED) is 0.553. The minimum Gasteiger partial charge on any atom is -0.481 e. The van der Waals surface area contributed by atoms with Crippen LogP contribution in [0.5, 0.6) is 5.88 Å². The van der Waals surface area contributed by atoms with Crippen molar-refractivity contribution in [3.8, 4) is 17.1 Å². The predicted molar refractivity (Wildman–Crippen MR) is 130 cm³/mol. The highest BCUT2D eigenvalue weighted by atomic mass is 35.5. The van der Waals surface area contributed by atoms with Gasteiger partial charge in [-0.3, -0.25) is 14.7 Å². The first kappa shape index (κ1) is 23.8. The summed E-state index contributed by atoms with van der Waals surface area (Å²) < 4.78 is 5.15. The van der Waals surface area contributed by atoms with Gasteiger partial charge in [-0.05, 0) is 38.3 Å². The SMILES string of the molecule is COc1cc(-c2cc(C(=O)N3CCC(C(=O)NC(C)(C)c4ccccc4)CC3)n[nH]2)c(Cl)cn1. The summed E-state index contributed by atoms with van der Waals surface area (Å²) in [5, 5.41) is 10.6. The molecule has 2 aromatic heterocycles. The van der Waals surface area contributed by atoms with Crippen molar-refractivity contribution in [3.63, 3.8) is 0 Å². The van der Waals surface area contributed by atoms with Crippen LogP contribution in [0.15, 0.2) is 48.7 Å². The Bertz CT molecular complexity index is 1170. The molecule has 1 aromatic carbocycles. The maximum absolute atomic E-state index is 13.0. The van der Waals surface area contributed by atoms with Crippen LogP contribution in [-0.4, -0.2) is 52.1 Å². The number of rotatable bonds is 6. The fraction of sp³-hybridized carbons (Fsp3) is 0.360.